The Bertz CT molecular complexity index is 761. The SMILES string of the molecule is COCCCN(C)C(=O)C1CCCCN1S(=O)(=O)c1ccc(C(C)=O)cc1. The highest BCUT2D eigenvalue weighted by Gasteiger charge is 2.38. The van der Waals surface area contributed by atoms with E-state index in [2.05, 4.69) is 0 Å². The van der Waals surface area contributed by atoms with Crippen LogP contribution in [0.3, 0.4) is 0 Å². The third-order valence-electron chi connectivity index (χ3n) is 4.82. The topological polar surface area (TPSA) is 84.0 Å². The smallest absolute Gasteiger partial charge is 0.243 e. The Balaban J connectivity index is 2.21. The number of rotatable bonds is 8. The van der Waals surface area contributed by atoms with Gasteiger partial charge in [0, 0.05) is 39.4 Å². The molecule has 1 aliphatic heterocycles. The number of carbonyl (C=O) groups is 2. The van der Waals surface area contributed by atoms with Gasteiger partial charge in [0.15, 0.2) is 5.78 Å². The quantitative estimate of drug-likeness (QED) is 0.495. The van der Waals surface area contributed by atoms with Gasteiger partial charge >= 0.3 is 0 Å². The number of sulfonamides is 1. The van der Waals surface area contributed by atoms with Crippen molar-refractivity contribution in [2.45, 2.75) is 43.5 Å². The molecule has 1 atom stereocenters. The highest BCUT2D eigenvalue weighted by molar-refractivity contribution is 7.89. The van der Waals surface area contributed by atoms with Crippen LogP contribution in [0, 0.1) is 0 Å². The van der Waals surface area contributed by atoms with Crippen LogP contribution in [-0.2, 0) is 19.6 Å². The van der Waals surface area contributed by atoms with Crippen molar-refractivity contribution in [3.05, 3.63) is 29.8 Å². The zero-order chi connectivity index (χ0) is 20.0. The van der Waals surface area contributed by atoms with E-state index < -0.39 is 16.1 Å². The Morgan fingerprint density at radius 1 is 1.22 bits per heavy atom. The summed E-state index contributed by atoms with van der Waals surface area (Å²) in [6.07, 6.45) is 2.75. The lowest BCUT2D eigenvalue weighted by molar-refractivity contribution is -0.135. The van der Waals surface area contributed by atoms with E-state index in [0.29, 0.717) is 38.1 Å². The van der Waals surface area contributed by atoms with E-state index in [1.807, 2.05) is 0 Å². The molecule has 0 aromatic heterocycles. The second kappa shape index (κ2) is 9.43. The third kappa shape index (κ3) is 5.15. The second-order valence-electron chi connectivity index (χ2n) is 6.81. The van der Waals surface area contributed by atoms with E-state index in [1.54, 1.807) is 19.1 Å². The monoisotopic (exact) mass is 396 g/mol. The van der Waals surface area contributed by atoms with Gasteiger partial charge in [0.05, 0.1) is 4.90 Å². The van der Waals surface area contributed by atoms with Gasteiger partial charge in [-0.2, -0.15) is 4.31 Å². The normalized spacial score (nSPS) is 18.3. The van der Waals surface area contributed by atoms with Crippen molar-refractivity contribution in [1.82, 2.24) is 9.21 Å². The van der Waals surface area contributed by atoms with Crippen molar-refractivity contribution >= 4 is 21.7 Å². The van der Waals surface area contributed by atoms with Gasteiger partial charge in [-0.25, -0.2) is 8.42 Å². The largest absolute Gasteiger partial charge is 0.385 e. The zero-order valence-corrected chi connectivity index (χ0v) is 17.0. The first-order valence-electron chi connectivity index (χ1n) is 9.15. The van der Waals surface area contributed by atoms with Crippen molar-refractivity contribution in [3.8, 4) is 0 Å². The Morgan fingerprint density at radius 3 is 2.48 bits per heavy atom. The summed E-state index contributed by atoms with van der Waals surface area (Å²) in [5, 5.41) is 0. The molecule has 1 aromatic rings. The van der Waals surface area contributed by atoms with Crippen LogP contribution in [0.2, 0.25) is 0 Å². The number of Topliss-reactive ketones (excluding diaryl/α,β-unsaturated/α-hetero) is 1. The summed E-state index contributed by atoms with van der Waals surface area (Å²) in [4.78, 5) is 26.0. The first kappa shape index (κ1) is 21.5. The molecule has 1 aliphatic rings. The van der Waals surface area contributed by atoms with Crippen LogP contribution in [0.5, 0.6) is 0 Å². The Hall–Kier alpha value is -1.77. The van der Waals surface area contributed by atoms with Crippen molar-refractivity contribution < 1.29 is 22.7 Å². The number of carbonyl (C=O) groups excluding carboxylic acids is 2. The zero-order valence-electron chi connectivity index (χ0n) is 16.2. The summed E-state index contributed by atoms with van der Waals surface area (Å²) < 4.78 is 32.6. The molecule has 0 spiro atoms. The molecule has 150 valence electrons. The molecule has 0 N–H and O–H groups in total. The molecule has 8 heteroatoms. The summed E-state index contributed by atoms with van der Waals surface area (Å²) in [5.41, 5.74) is 0.457. The number of ketones is 1. The van der Waals surface area contributed by atoms with E-state index in [4.69, 9.17) is 4.74 Å². The first-order valence-corrected chi connectivity index (χ1v) is 10.6. The molecule has 1 fully saturated rings. The van der Waals surface area contributed by atoms with Crippen molar-refractivity contribution in [3.63, 3.8) is 0 Å². The number of amides is 1. The molecule has 1 aromatic carbocycles. The van der Waals surface area contributed by atoms with Crippen molar-refractivity contribution in [2.24, 2.45) is 0 Å². The van der Waals surface area contributed by atoms with Gasteiger partial charge < -0.3 is 9.64 Å². The Labute approximate surface area is 161 Å². The van der Waals surface area contributed by atoms with Crippen molar-refractivity contribution in [2.75, 3.05) is 33.9 Å². The van der Waals surface area contributed by atoms with Crippen molar-refractivity contribution in [1.29, 1.82) is 0 Å². The van der Waals surface area contributed by atoms with Crippen LogP contribution in [-0.4, -0.2) is 69.2 Å². The minimum absolute atomic E-state index is 0.106. The standard InChI is InChI=1S/C19H28N2O5S/c1-15(22)16-8-10-17(11-9-16)27(24,25)21-13-5-4-7-18(21)19(23)20(2)12-6-14-26-3/h8-11,18H,4-7,12-14H2,1-3H3. The first-order chi connectivity index (χ1) is 12.8. The lowest BCUT2D eigenvalue weighted by Gasteiger charge is -2.35. The Morgan fingerprint density at radius 2 is 1.89 bits per heavy atom. The van der Waals surface area contributed by atoms with Gasteiger partial charge in [-0.1, -0.05) is 18.6 Å². The van der Waals surface area contributed by atoms with Gasteiger partial charge in [-0.05, 0) is 38.3 Å². The van der Waals surface area contributed by atoms with Gasteiger partial charge in [-0.15, -0.1) is 0 Å². The number of benzene rings is 1. The molecule has 1 amide bonds. The molecule has 1 saturated heterocycles. The average Bonchev–Trinajstić information content (AvgIpc) is 2.67. The molecule has 0 aliphatic carbocycles. The van der Waals surface area contributed by atoms with Crippen LogP contribution >= 0.6 is 0 Å². The number of ether oxygens (including phenoxy) is 1. The predicted octanol–water partition coefficient (Wildman–Crippen LogP) is 1.93. The molecular formula is C19H28N2O5S. The molecule has 0 saturated carbocycles. The number of hydrogen-bond acceptors (Lipinski definition) is 5. The number of likely N-dealkylation sites (N-methyl/N-ethyl adjacent to an activating group) is 1. The highest BCUT2D eigenvalue weighted by atomic mass is 32.2. The molecular weight excluding hydrogens is 368 g/mol. The van der Waals surface area contributed by atoms with Crippen LogP contribution in [0.15, 0.2) is 29.2 Å². The minimum atomic E-state index is -3.81. The molecule has 2 rings (SSSR count). The predicted molar refractivity (Wildman–Crippen MR) is 102 cm³/mol. The van der Waals surface area contributed by atoms with Crippen LogP contribution < -0.4 is 0 Å². The Kier molecular flexibility index (Phi) is 7.52. The maximum atomic E-state index is 13.1. The number of nitrogens with zero attached hydrogens (tertiary/aromatic N) is 2. The van der Waals surface area contributed by atoms with Gasteiger partial charge in [-0.3, -0.25) is 9.59 Å². The molecule has 7 nitrogen and oxygen atoms in total. The molecule has 1 heterocycles. The fraction of sp³-hybridized carbons (Fsp3) is 0.579. The minimum Gasteiger partial charge on any atom is -0.385 e. The second-order valence-corrected chi connectivity index (χ2v) is 8.70. The van der Waals surface area contributed by atoms with Crippen LogP contribution in [0.1, 0.15) is 43.0 Å². The maximum absolute atomic E-state index is 13.1. The van der Waals surface area contributed by atoms with E-state index in [0.717, 1.165) is 12.8 Å². The lowest BCUT2D eigenvalue weighted by atomic mass is 10.0. The molecule has 1 unspecified atom stereocenters. The summed E-state index contributed by atoms with van der Waals surface area (Å²) in [6, 6.07) is 5.19. The van der Waals surface area contributed by atoms with Gasteiger partial charge in [0.1, 0.15) is 6.04 Å². The summed E-state index contributed by atoms with van der Waals surface area (Å²) in [7, 11) is -0.508. The third-order valence-corrected chi connectivity index (χ3v) is 6.75. The van der Waals surface area contributed by atoms with Crippen LogP contribution in [0.4, 0.5) is 0 Å². The fourth-order valence-corrected chi connectivity index (χ4v) is 4.90. The molecule has 27 heavy (non-hydrogen) atoms. The van der Waals surface area contributed by atoms with Gasteiger partial charge in [0.25, 0.3) is 0 Å². The van der Waals surface area contributed by atoms with Gasteiger partial charge in [0.2, 0.25) is 15.9 Å². The number of hydrogen-bond donors (Lipinski definition) is 0. The molecule has 0 radical (unpaired) electrons. The maximum Gasteiger partial charge on any atom is 0.243 e. The van der Waals surface area contributed by atoms with Crippen LogP contribution in [0.25, 0.3) is 0 Å². The van der Waals surface area contributed by atoms with E-state index in [9.17, 15) is 18.0 Å². The summed E-state index contributed by atoms with van der Waals surface area (Å²) in [5.74, 6) is -0.308. The molecule has 0 bridgehead atoms. The van der Waals surface area contributed by atoms with E-state index in [-0.39, 0.29) is 16.6 Å². The lowest BCUT2D eigenvalue weighted by Crippen LogP contribution is -2.52. The van der Waals surface area contributed by atoms with E-state index in [1.165, 1.54) is 35.5 Å². The summed E-state index contributed by atoms with van der Waals surface area (Å²) >= 11 is 0. The highest BCUT2D eigenvalue weighted by Crippen LogP contribution is 2.26. The number of piperidine rings is 1. The average molecular weight is 397 g/mol. The van der Waals surface area contributed by atoms with E-state index >= 15 is 0 Å². The fourth-order valence-electron chi connectivity index (χ4n) is 3.25. The summed E-state index contributed by atoms with van der Waals surface area (Å²) in [6.45, 7) is 2.82. The number of methoxy groups -OCH3 is 1.